The summed E-state index contributed by atoms with van der Waals surface area (Å²) in [7, 11) is 0. The van der Waals surface area contributed by atoms with Crippen LogP contribution in [-0.2, 0) is 16.1 Å². The number of amides is 1. The topological polar surface area (TPSA) is 81.1 Å². The number of nitrogens with zero attached hydrogens (tertiary/aromatic N) is 2. The molecule has 2 N–H and O–H groups in total. The summed E-state index contributed by atoms with van der Waals surface area (Å²) in [5, 5.41) is 19.6. The van der Waals surface area contributed by atoms with Gasteiger partial charge in [-0.2, -0.15) is 0 Å². The number of hydrogen-bond donors (Lipinski definition) is 2. The SMILES string of the molecule is CC[C@H](O)[C@@H]1C(=O)N2C(C(=O)O)=C(SC[C@H]3CCCN3Cc3ccccc3)S[C@H]12. The molecule has 0 aromatic heterocycles. The van der Waals surface area contributed by atoms with Gasteiger partial charge in [0, 0.05) is 18.3 Å². The highest BCUT2D eigenvalue weighted by molar-refractivity contribution is 8.22. The normalized spacial score (nSPS) is 27.9. The Bertz CT molecular complexity index is 816. The van der Waals surface area contributed by atoms with Gasteiger partial charge >= 0.3 is 5.97 Å². The summed E-state index contributed by atoms with van der Waals surface area (Å²) in [5.74, 6) is -1.02. The molecule has 6 nitrogen and oxygen atoms in total. The number of benzene rings is 1. The molecule has 29 heavy (non-hydrogen) atoms. The highest BCUT2D eigenvalue weighted by Crippen LogP contribution is 2.54. The summed E-state index contributed by atoms with van der Waals surface area (Å²) in [5.41, 5.74) is 1.39. The maximum Gasteiger partial charge on any atom is 0.354 e. The Balaban J connectivity index is 1.42. The monoisotopic (exact) mass is 434 g/mol. The lowest BCUT2D eigenvalue weighted by atomic mass is 9.90. The number of carbonyl (C=O) groups excluding carboxylic acids is 1. The van der Waals surface area contributed by atoms with Crippen molar-refractivity contribution < 1.29 is 19.8 Å². The van der Waals surface area contributed by atoms with E-state index in [9.17, 15) is 19.8 Å². The molecule has 0 aliphatic carbocycles. The first-order valence-corrected chi connectivity index (χ1v) is 11.9. The highest BCUT2D eigenvalue weighted by atomic mass is 32.2. The van der Waals surface area contributed by atoms with Crippen LogP contribution in [0.15, 0.2) is 40.3 Å². The van der Waals surface area contributed by atoms with Crippen LogP contribution in [0.3, 0.4) is 0 Å². The number of carbonyl (C=O) groups is 2. The maximum absolute atomic E-state index is 12.5. The Hall–Kier alpha value is -1.48. The van der Waals surface area contributed by atoms with E-state index in [2.05, 4.69) is 29.2 Å². The second kappa shape index (κ2) is 8.71. The van der Waals surface area contributed by atoms with Gasteiger partial charge in [-0.3, -0.25) is 14.6 Å². The van der Waals surface area contributed by atoms with Crippen molar-refractivity contribution in [3.8, 4) is 0 Å². The van der Waals surface area contributed by atoms with Crippen LogP contribution in [0, 0.1) is 5.92 Å². The van der Waals surface area contributed by atoms with Crippen molar-refractivity contribution in [3.05, 3.63) is 45.8 Å². The number of thioether (sulfide) groups is 2. The van der Waals surface area contributed by atoms with Gasteiger partial charge in [-0.25, -0.2) is 4.79 Å². The van der Waals surface area contributed by atoms with E-state index >= 15 is 0 Å². The zero-order valence-corrected chi connectivity index (χ0v) is 18.0. The fourth-order valence-corrected chi connectivity index (χ4v) is 7.39. The standard InChI is InChI=1S/C21H26N2O4S2/c1-2-15(24)16-18(25)23-17(20(26)27)21(29-19(16)23)28-12-14-9-6-10-22(14)11-13-7-4-3-5-8-13/h3-5,7-8,14-16,19,24H,2,6,9-12H2,1H3,(H,26,27)/t14-,15+,16-,19-/m1/s1. The molecule has 3 aliphatic rings. The molecule has 0 saturated carbocycles. The number of fused-ring (bicyclic) bond motifs is 1. The van der Waals surface area contributed by atoms with Crippen LogP contribution in [0.4, 0.5) is 0 Å². The number of aliphatic hydroxyl groups excluding tert-OH is 1. The lowest BCUT2D eigenvalue weighted by molar-refractivity contribution is -0.157. The molecule has 1 aromatic carbocycles. The zero-order chi connectivity index (χ0) is 20.5. The predicted octanol–water partition coefficient (Wildman–Crippen LogP) is 2.94. The summed E-state index contributed by atoms with van der Waals surface area (Å²) < 4.78 is 0.702. The van der Waals surface area contributed by atoms with Gasteiger partial charge in [0.2, 0.25) is 5.91 Å². The molecule has 0 spiro atoms. The summed E-state index contributed by atoms with van der Waals surface area (Å²) in [4.78, 5) is 28.1. The Morgan fingerprint density at radius 2 is 2.10 bits per heavy atom. The molecule has 156 valence electrons. The number of aliphatic carboxylic acids is 1. The molecule has 0 unspecified atom stereocenters. The smallest absolute Gasteiger partial charge is 0.354 e. The lowest BCUT2D eigenvalue weighted by Crippen LogP contribution is -2.61. The highest BCUT2D eigenvalue weighted by Gasteiger charge is 2.58. The zero-order valence-electron chi connectivity index (χ0n) is 16.4. The first kappa shape index (κ1) is 20.8. The van der Waals surface area contributed by atoms with Crippen LogP contribution in [0.5, 0.6) is 0 Å². The molecule has 2 saturated heterocycles. The largest absolute Gasteiger partial charge is 0.477 e. The number of aliphatic hydroxyl groups is 1. The van der Waals surface area contributed by atoms with Gasteiger partial charge in [-0.05, 0) is 31.4 Å². The van der Waals surface area contributed by atoms with E-state index in [0.717, 1.165) is 31.7 Å². The summed E-state index contributed by atoms with van der Waals surface area (Å²) in [6.45, 7) is 3.79. The molecule has 8 heteroatoms. The van der Waals surface area contributed by atoms with Crippen LogP contribution in [0.2, 0.25) is 0 Å². The van der Waals surface area contributed by atoms with Gasteiger partial charge in [0.15, 0.2) is 5.70 Å². The third-order valence-electron chi connectivity index (χ3n) is 5.92. The van der Waals surface area contributed by atoms with Gasteiger partial charge in [-0.15, -0.1) is 11.8 Å². The third kappa shape index (κ3) is 3.95. The van der Waals surface area contributed by atoms with Crippen LogP contribution in [0.25, 0.3) is 0 Å². The number of hydrogen-bond acceptors (Lipinski definition) is 6. The van der Waals surface area contributed by atoms with Gasteiger partial charge in [0.1, 0.15) is 5.37 Å². The molecular weight excluding hydrogens is 408 g/mol. The van der Waals surface area contributed by atoms with Gasteiger partial charge in [0.25, 0.3) is 0 Å². The number of carboxylic acid groups (broad SMARTS) is 1. The van der Waals surface area contributed by atoms with E-state index in [1.807, 2.05) is 13.0 Å². The molecule has 0 bridgehead atoms. The molecule has 2 fully saturated rings. The van der Waals surface area contributed by atoms with E-state index in [1.165, 1.54) is 22.2 Å². The maximum atomic E-state index is 12.5. The van der Waals surface area contributed by atoms with Crippen molar-refractivity contribution in [1.82, 2.24) is 9.80 Å². The van der Waals surface area contributed by atoms with E-state index in [4.69, 9.17) is 0 Å². The van der Waals surface area contributed by atoms with Gasteiger partial charge in [0.05, 0.1) is 16.3 Å². The van der Waals surface area contributed by atoms with Gasteiger partial charge in [-0.1, -0.05) is 49.0 Å². The molecule has 4 rings (SSSR count). The van der Waals surface area contributed by atoms with Crippen LogP contribution in [-0.4, -0.2) is 61.7 Å². The van der Waals surface area contributed by atoms with Crippen LogP contribution >= 0.6 is 23.5 Å². The average molecular weight is 435 g/mol. The Kier molecular flexibility index (Phi) is 6.24. The van der Waals surface area contributed by atoms with Crippen molar-refractivity contribution in [1.29, 1.82) is 0 Å². The van der Waals surface area contributed by atoms with E-state index in [1.54, 1.807) is 11.8 Å². The Labute approximate surface area is 179 Å². The number of rotatable bonds is 8. The molecule has 1 amide bonds. The summed E-state index contributed by atoms with van der Waals surface area (Å²) in [6, 6.07) is 10.8. The lowest BCUT2D eigenvalue weighted by Gasteiger charge is -2.44. The summed E-state index contributed by atoms with van der Waals surface area (Å²) >= 11 is 2.98. The first-order valence-electron chi connectivity index (χ1n) is 10.1. The van der Waals surface area contributed by atoms with Crippen LogP contribution in [0.1, 0.15) is 31.7 Å². The van der Waals surface area contributed by atoms with Crippen molar-refractivity contribution in [2.24, 2.45) is 5.92 Å². The second-order valence-electron chi connectivity index (χ2n) is 7.72. The third-order valence-corrected chi connectivity index (χ3v) is 8.72. The minimum absolute atomic E-state index is 0.0992. The Morgan fingerprint density at radius 1 is 1.34 bits per heavy atom. The van der Waals surface area contributed by atoms with Gasteiger partial charge < -0.3 is 10.2 Å². The molecule has 4 atom stereocenters. The predicted molar refractivity (Wildman–Crippen MR) is 115 cm³/mol. The average Bonchev–Trinajstić information content (AvgIpc) is 3.29. The molecule has 0 radical (unpaired) electrons. The van der Waals surface area contributed by atoms with E-state index < -0.39 is 18.0 Å². The van der Waals surface area contributed by atoms with Crippen molar-refractivity contribution in [3.63, 3.8) is 0 Å². The van der Waals surface area contributed by atoms with E-state index in [-0.39, 0.29) is 17.0 Å². The molecular formula is C21H26N2O4S2. The Morgan fingerprint density at radius 3 is 2.79 bits per heavy atom. The minimum Gasteiger partial charge on any atom is -0.477 e. The second-order valence-corrected chi connectivity index (χ2v) is 10.1. The van der Waals surface area contributed by atoms with Crippen molar-refractivity contribution in [2.45, 2.75) is 50.3 Å². The molecule has 3 aliphatic heterocycles. The quantitative estimate of drug-likeness (QED) is 0.609. The number of carboxylic acids is 1. The minimum atomic E-state index is -1.06. The first-order chi connectivity index (χ1) is 14.0. The number of β-lactam (4-membered cyclic amide) rings is 1. The van der Waals surface area contributed by atoms with E-state index in [0.29, 0.717) is 16.7 Å². The van der Waals surface area contributed by atoms with Crippen LogP contribution < -0.4 is 0 Å². The number of likely N-dealkylation sites (tertiary alicyclic amines) is 1. The molecule has 1 aromatic rings. The van der Waals surface area contributed by atoms with Crippen molar-refractivity contribution in [2.75, 3.05) is 12.3 Å². The molecule has 3 heterocycles. The summed E-state index contributed by atoms with van der Waals surface area (Å²) in [6.07, 6.45) is 2.02. The fourth-order valence-electron chi connectivity index (χ4n) is 4.30. The van der Waals surface area contributed by atoms with Crippen molar-refractivity contribution >= 4 is 35.4 Å². The fraction of sp³-hybridized carbons (Fsp3) is 0.524.